The van der Waals surface area contributed by atoms with Crippen LogP contribution in [0.1, 0.15) is 24.3 Å². The number of nitrogens with one attached hydrogen (secondary N) is 1. The van der Waals surface area contributed by atoms with Crippen LogP contribution >= 0.6 is 11.3 Å². The lowest BCUT2D eigenvalue weighted by Gasteiger charge is -2.39. The highest BCUT2D eigenvalue weighted by atomic mass is 32.1. The third kappa shape index (κ3) is 3.28. The number of hydrogen-bond acceptors (Lipinski definition) is 4. The highest BCUT2D eigenvalue weighted by Crippen LogP contribution is 2.28. The zero-order valence-electron chi connectivity index (χ0n) is 9.81. The topological polar surface area (TPSA) is 58.6 Å². The Labute approximate surface area is 105 Å². The van der Waals surface area contributed by atoms with Crippen LogP contribution in [-0.4, -0.2) is 30.8 Å². The molecule has 1 unspecified atom stereocenters. The van der Waals surface area contributed by atoms with Gasteiger partial charge in [-0.3, -0.25) is 4.79 Å². The Kier molecular flexibility index (Phi) is 3.81. The standard InChI is InChI=1S/C12H17NO3S/c1-12(7-16-8-12)6-13-9(5-11(14)15)10-3-2-4-17-10/h2-4,9,13H,5-8H2,1H3,(H,14,15). The number of carboxylic acid groups (broad SMARTS) is 1. The van der Waals surface area contributed by atoms with E-state index < -0.39 is 5.97 Å². The maximum Gasteiger partial charge on any atom is 0.305 e. The van der Waals surface area contributed by atoms with Crippen molar-refractivity contribution in [3.63, 3.8) is 0 Å². The highest BCUT2D eigenvalue weighted by molar-refractivity contribution is 7.10. The molecule has 1 saturated heterocycles. The third-order valence-corrected chi connectivity index (χ3v) is 3.93. The fourth-order valence-corrected chi connectivity index (χ4v) is 2.66. The largest absolute Gasteiger partial charge is 0.481 e. The first-order valence-electron chi connectivity index (χ1n) is 5.65. The number of rotatable bonds is 6. The summed E-state index contributed by atoms with van der Waals surface area (Å²) in [7, 11) is 0. The van der Waals surface area contributed by atoms with E-state index in [1.165, 1.54) is 0 Å². The van der Waals surface area contributed by atoms with E-state index in [1.54, 1.807) is 11.3 Å². The second-order valence-electron chi connectivity index (χ2n) is 4.85. The smallest absolute Gasteiger partial charge is 0.305 e. The van der Waals surface area contributed by atoms with Crippen LogP contribution in [0.3, 0.4) is 0 Å². The van der Waals surface area contributed by atoms with Crippen LogP contribution in [0.5, 0.6) is 0 Å². The Bertz CT molecular complexity index is 373. The van der Waals surface area contributed by atoms with Crippen molar-refractivity contribution in [1.82, 2.24) is 5.32 Å². The molecule has 1 aromatic heterocycles. The van der Waals surface area contributed by atoms with Gasteiger partial charge in [-0.15, -0.1) is 11.3 Å². The van der Waals surface area contributed by atoms with Crippen molar-refractivity contribution in [1.29, 1.82) is 0 Å². The van der Waals surface area contributed by atoms with Crippen LogP contribution in [0.15, 0.2) is 17.5 Å². The van der Waals surface area contributed by atoms with Gasteiger partial charge in [-0.05, 0) is 11.4 Å². The Morgan fingerprint density at radius 1 is 1.71 bits per heavy atom. The van der Waals surface area contributed by atoms with E-state index in [0.717, 1.165) is 24.6 Å². The molecule has 2 heterocycles. The first-order chi connectivity index (χ1) is 8.09. The first-order valence-corrected chi connectivity index (χ1v) is 6.53. The number of carbonyl (C=O) groups is 1. The minimum Gasteiger partial charge on any atom is -0.481 e. The van der Waals surface area contributed by atoms with Crippen LogP contribution < -0.4 is 5.32 Å². The first kappa shape index (κ1) is 12.5. The fourth-order valence-electron chi connectivity index (χ4n) is 1.86. The van der Waals surface area contributed by atoms with Gasteiger partial charge in [-0.2, -0.15) is 0 Å². The lowest BCUT2D eigenvalue weighted by Crippen LogP contribution is -2.48. The van der Waals surface area contributed by atoms with Crippen molar-refractivity contribution in [3.05, 3.63) is 22.4 Å². The molecule has 2 N–H and O–H groups in total. The molecule has 0 radical (unpaired) electrons. The predicted molar refractivity (Wildman–Crippen MR) is 66.2 cm³/mol. The van der Waals surface area contributed by atoms with Crippen LogP contribution in [0.4, 0.5) is 0 Å². The van der Waals surface area contributed by atoms with Gasteiger partial charge in [-0.1, -0.05) is 13.0 Å². The van der Waals surface area contributed by atoms with E-state index in [4.69, 9.17) is 9.84 Å². The lowest BCUT2D eigenvalue weighted by atomic mass is 9.88. The summed E-state index contributed by atoms with van der Waals surface area (Å²) in [5.74, 6) is -0.772. The quantitative estimate of drug-likeness (QED) is 0.815. The van der Waals surface area contributed by atoms with Gasteiger partial charge < -0.3 is 15.2 Å². The van der Waals surface area contributed by atoms with Gasteiger partial charge >= 0.3 is 5.97 Å². The molecule has 0 bridgehead atoms. The summed E-state index contributed by atoms with van der Waals surface area (Å²) in [6.45, 7) is 4.45. The zero-order chi connectivity index (χ0) is 12.3. The average Bonchev–Trinajstić information content (AvgIpc) is 2.74. The zero-order valence-corrected chi connectivity index (χ0v) is 10.6. The van der Waals surface area contributed by atoms with E-state index >= 15 is 0 Å². The van der Waals surface area contributed by atoms with Crippen LogP contribution in [0, 0.1) is 5.41 Å². The van der Waals surface area contributed by atoms with Crippen LogP contribution in [0.2, 0.25) is 0 Å². The van der Waals surface area contributed by atoms with Gasteiger partial charge in [0.25, 0.3) is 0 Å². The number of carboxylic acids is 1. The molecule has 0 amide bonds. The Morgan fingerprint density at radius 2 is 2.47 bits per heavy atom. The molecular weight excluding hydrogens is 238 g/mol. The molecule has 1 fully saturated rings. The van der Waals surface area contributed by atoms with E-state index in [-0.39, 0.29) is 17.9 Å². The van der Waals surface area contributed by atoms with E-state index in [0.29, 0.717) is 0 Å². The number of thiophene rings is 1. The van der Waals surface area contributed by atoms with Gasteiger partial charge in [-0.25, -0.2) is 0 Å². The second kappa shape index (κ2) is 5.16. The lowest BCUT2D eigenvalue weighted by molar-refractivity contribution is -0.137. The van der Waals surface area contributed by atoms with Crippen LogP contribution in [0.25, 0.3) is 0 Å². The third-order valence-electron chi connectivity index (χ3n) is 2.94. The molecule has 5 heteroatoms. The van der Waals surface area contributed by atoms with Crippen molar-refractivity contribution < 1.29 is 14.6 Å². The minimum absolute atomic E-state index is 0.0927. The molecule has 94 valence electrons. The van der Waals surface area contributed by atoms with Gasteiger partial charge in [0, 0.05) is 16.8 Å². The van der Waals surface area contributed by atoms with Gasteiger partial charge in [0.2, 0.25) is 0 Å². The highest BCUT2D eigenvalue weighted by Gasteiger charge is 2.34. The number of aliphatic carboxylic acids is 1. The van der Waals surface area contributed by atoms with Gasteiger partial charge in [0.05, 0.1) is 25.7 Å². The molecule has 0 saturated carbocycles. The molecule has 0 aromatic carbocycles. The Hall–Kier alpha value is -0.910. The summed E-state index contributed by atoms with van der Waals surface area (Å²) in [5.41, 5.74) is 0.161. The molecule has 1 aliphatic heterocycles. The number of hydrogen-bond donors (Lipinski definition) is 2. The molecule has 1 atom stereocenters. The van der Waals surface area contributed by atoms with Crippen molar-refractivity contribution in [2.45, 2.75) is 19.4 Å². The summed E-state index contributed by atoms with van der Waals surface area (Å²) in [6, 6.07) is 3.83. The Balaban J connectivity index is 1.93. The molecule has 0 aliphatic carbocycles. The molecule has 1 aliphatic rings. The monoisotopic (exact) mass is 255 g/mol. The predicted octanol–water partition coefficient (Wildman–Crippen LogP) is 1.89. The van der Waals surface area contributed by atoms with Gasteiger partial charge in [0.15, 0.2) is 0 Å². The van der Waals surface area contributed by atoms with Crippen molar-refractivity contribution in [2.75, 3.05) is 19.8 Å². The van der Waals surface area contributed by atoms with Crippen LogP contribution in [-0.2, 0) is 9.53 Å². The van der Waals surface area contributed by atoms with Gasteiger partial charge in [0.1, 0.15) is 0 Å². The fraction of sp³-hybridized carbons (Fsp3) is 0.583. The maximum absolute atomic E-state index is 10.9. The van der Waals surface area contributed by atoms with E-state index in [9.17, 15) is 4.79 Å². The summed E-state index contributed by atoms with van der Waals surface area (Å²) >= 11 is 1.59. The minimum atomic E-state index is -0.772. The van der Waals surface area contributed by atoms with Crippen molar-refractivity contribution in [2.24, 2.45) is 5.41 Å². The van der Waals surface area contributed by atoms with E-state index in [1.807, 2.05) is 17.5 Å². The SMILES string of the molecule is CC1(CNC(CC(=O)O)c2cccs2)COC1. The maximum atomic E-state index is 10.9. The molecule has 2 rings (SSSR count). The summed E-state index contributed by atoms with van der Waals surface area (Å²) in [6.07, 6.45) is 0.122. The molecule has 4 nitrogen and oxygen atoms in total. The summed E-state index contributed by atoms with van der Waals surface area (Å²) < 4.78 is 5.19. The summed E-state index contributed by atoms with van der Waals surface area (Å²) in [5, 5.41) is 14.2. The second-order valence-corrected chi connectivity index (χ2v) is 5.83. The number of ether oxygens (including phenoxy) is 1. The Morgan fingerprint density at radius 3 is 2.94 bits per heavy atom. The normalized spacial score (nSPS) is 19.6. The molecule has 17 heavy (non-hydrogen) atoms. The summed E-state index contributed by atoms with van der Waals surface area (Å²) in [4.78, 5) is 11.9. The van der Waals surface area contributed by atoms with Crippen molar-refractivity contribution in [3.8, 4) is 0 Å². The van der Waals surface area contributed by atoms with E-state index in [2.05, 4.69) is 12.2 Å². The molecule has 0 spiro atoms. The molecule has 1 aromatic rings. The average molecular weight is 255 g/mol. The molecular formula is C12H17NO3S. The van der Waals surface area contributed by atoms with Crippen molar-refractivity contribution >= 4 is 17.3 Å².